The molecule has 34 heavy (non-hydrogen) atoms. The third-order valence-corrected chi connectivity index (χ3v) is 5.51. The predicted octanol–water partition coefficient (Wildman–Crippen LogP) is 6.04. The number of ketones is 1. The van der Waals surface area contributed by atoms with Crippen LogP contribution in [0, 0.1) is 13.8 Å². The van der Waals surface area contributed by atoms with Crippen LogP contribution >= 0.6 is 0 Å². The second kappa shape index (κ2) is 9.96. The molecule has 0 aliphatic rings. The summed E-state index contributed by atoms with van der Waals surface area (Å²) in [6.07, 6.45) is 0. The van der Waals surface area contributed by atoms with Crippen molar-refractivity contribution in [2.75, 3.05) is 10.6 Å². The fourth-order valence-electron chi connectivity index (χ4n) is 3.70. The van der Waals surface area contributed by atoms with Crippen molar-refractivity contribution in [1.82, 2.24) is 0 Å². The molecule has 0 aliphatic carbocycles. The molecule has 168 valence electrons. The first-order valence-electron chi connectivity index (χ1n) is 10.9. The quantitative estimate of drug-likeness (QED) is 0.353. The van der Waals surface area contributed by atoms with Crippen LogP contribution in [0.1, 0.15) is 47.8 Å². The van der Waals surface area contributed by atoms with Crippen molar-refractivity contribution in [3.05, 3.63) is 130 Å². The molecule has 5 heteroatoms. The Morgan fingerprint density at radius 1 is 0.559 bits per heavy atom. The lowest BCUT2D eigenvalue weighted by Crippen LogP contribution is -2.20. The summed E-state index contributed by atoms with van der Waals surface area (Å²) in [6.45, 7) is 3.75. The molecular weight excluding hydrogens is 424 g/mol. The number of benzene rings is 4. The summed E-state index contributed by atoms with van der Waals surface area (Å²) in [5, 5.41) is 5.70. The molecular formula is C29H24N2O3. The third-order valence-electron chi connectivity index (χ3n) is 5.51. The van der Waals surface area contributed by atoms with E-state index in [2.05, 4.69) is 10.6 Å². The lowest BCUT2D eigenvalue weighted by atomic mass is 9.99. The lowest BCUT2D eigenvalue weighted by molar-refractivity contribution is 0.102. The Kier molecular flexibility index (Phi) is 6.64. The van der Waals surface area contributed by atoms with Crippen molar-refractivity contribution in [2.45, 2.75) is 13.8 Å². The molecule has 0 aliphatic heterocycles. The van der Waals surface area contributed by atoms with Crippen molar-refractivity contribution < 1.29 is 14.4 Å². The summed E-state index contributed by atoms with van der Waals surface area (Å²) in [5.74, 6) is -0.902. The van der Waals surface area contributed by atoms with Crippen LogP contribution < -0.4 is 10.6 Å². The van der Waals surface area contributed by atoms with Crippen LogP contribution in [-0.2, 0) is 0 Å². The maximum Gasteiger partial charge on any atom is 0.257 e. The van der Waals surface area contributed by atoms with Crippen LogP contribution in [-0.4, -0.2) is 17.6 Å². The van der Waals surface area contributed by atoms with Gasteiger partial charge in [-0.1, -0.05) is 72.3 Å². The number of rotatable bonds is 6. The zero-order valence-corrected chi connectivity index (χ0v) is 19.0. The molecule has 0 saturated carbocycles. The number of aryl methyl sites for hydroxylation is 2. The normalized spacial score (nSPS) is 10.4. The van der Waals surface area contributed by atoms with E-state index in [1.54, 1.807) is 72.8 Å². The molecule has 0 bridgehead atoms. The van der Waals surface area contributed by atoms with Crippen LogP contribution in [0.5, 0.6) is 0 Å². The highest BCUT2D eigenvalue weighted by Gasteiger charge is 2.19. The summed E-state index contributed by atoms with van der Waals surface area (Å²) in [7, 11) is 0. The maximum absolute atomic E-state index is 13.2. The second-order valence-corrected chi connectivity index (χ2v) is 8.01. The van der Waals surface area contributed by atoms with Gasteiger partial charge in [0, 0.05) is 16.7 Å². The molecule has 2 amide bonds. The molecule has 4 aromatic rings. The van der Waals surface area contributed by atoms with Crippen molar-refractivity contribution in [2.24, 2.45) is 0 Å². The van der Waals surface area contributed by atoms with Crippen LogP contribution in [0.15, 0.2) is 97.1 Å². The van der Waals surface area contributed by atoms with Crippen LogP contribution in [0.25, 0.3) is 0 Å². The minimum atomic E-state index is -0.424. The van der Waals surface area contributed by atoms with Crippen molar-refractivity contribution in [3.8, 4) is 0 Å². The van der Waals surface area contributed by atoms with Gasteiger partial charge in [-0.05, 0) is 49.7 Å². The van der Waals surface area contributed by atoms with Gasteiger partial charge < -0.3 is 10.6 Å². The van der Waals surface area contributed by atoms with Crippen molar-refractivity contribution in [3.63, 3.8) is 0 Å². The van der Waals surface area contributed by atoms with Gasteiger partial charge in [-0.25, -0.2) is 0 Å². The fourth-order valence-corrected chi connectivity index (χ4v) is 3.70. The lowest BCUT2D eigenvalue weighted by Gasteiger charge is -2.14. The molecule has 2 N–H and O–H groups in total. The first kappa shape index (κ1) is 22.7. The van der Waals surface area contributed by atoms with E-state index in [1.165, 1.54) is 0 Å². The SMILES string of the molecule is Cc1ccc(NC(=O)c2ccccc2NC(=O)c2ccccc2C)c(C(=O)c2ccccc2)c1. The molecule has 0 atom stereocenters. The van der Waals surface area contributed by atoms with Gasteiger partial charge in [-0.2, -0.15) is 0 Å². The standard InChI is InChI=1S/C29H24N2O3/c1-19-16-17-26(24(18-19)27(32)21-11-4-3-5-12-21)31-29(34)23-14-8-9-15-25(23)30-28(33)22-13-7-6-10-20(22)2/h3-18H,1-2H3,(H,30,33)(H,31,34). The molecule has 0 fully saturated rings. The molecule has 0 heterocycles. The molecule has 5 nitrogen and oxygen atoms in total. The summed E-state index contributed by atoms with van der Waals surface area (Å²) < 4.78 is 0. The highest BCUT2D eigenvalue weighted by atomic mass is 16.2. The minimum Gasteiger partial charge on any atom is -0.321 e. The second-order valence-electron chi connectivity index (χ2n) is 8.01. The summed E-state index contributed by atoms with van der Waals surface area (Å²) >= 11 is 0. The van der Waals surface area contributed by atoms with E-state index < -0.39 is 5.91 Å². The highest BCUT2D eigenvalue weighted by molar-refractivity contribution is 6.17. The van der Waals surface area contributed by atoms with E-state index in [9.17, 15) is 14.4 Å². The van der Waals surface area contributed by atoms with E-state index in [-0.39, 0.29) is 11.7 Å². The number of para-hydroxylation sites is 1. The van der Waals surface area contributed by atoms with Gasteiger partial charge in [-0.15, -0.1) is 0 Å². The van der Waals surface area contributed by atoms with E-state index in [4.69, 9.17) is 0 Å². The fraction of sp³-hybridized carbons (Fsp3) is 0.0690. The van der Waals surface area contributed by atoms with E-state index in [0.29, 0.717) is 33.6 Å². The smallest absolute Gasteiger partial charge is 0.257 e. The topological polar surface area (TPSA) is 75.3 Å². The summed E-state index contributed by atoms with van der Waals surface area (Å²) in [4.78, 5) is 39.2. The largest absolute Gasteiger partial charge is 0.321 e. The predicted molar refractivity (Wildman–Crippen MR) is 135 cm³/mol. The van der Waals surface area contributed by atoms with E-state index in [0.717, 1.165) is 11.1 Å². The zero-order chi connectivity index (χ0) is 24.1. The molecule has 4 aromatic carbocycles. The van der Waals surface area contributed by atoms with Crippen LogP contribution in [0.2, 0.25) is 0 Å². The Hall–Kier alpha value is -4.51. The molecule has 0 unspecified atom stereocenters. The van der Waals surface area contributed by atoms with Crippen molar-refractivity contribution in [1.29, 1.82) is 0 Å². The first-order valence-corrected chi connectivity index (χ1v) is 10.9. The Morgan fingerprint density at radius 3 is 1.82 bits per heavy atom. The van der Waals surface area contributed by atoms with E-state index in [1.807, 2.05) is 38.1 Å². The van der Waals surface area contributed by atoms with Gasteiger partial charge in [0.2, 0.25) is 0 Å². The molecule has 4 rings (SSSR count). The number of amides is 2. The average Bonchev–Trinajstić information content (AvgIpc) is 2.85. The van der Waals surface area contributed by atoms with Gasteiger partial charge in [0.05, 0.1) is 16.9 Å². The Labute approximate surface area is 198 Å². The van der Waals surface area contributed by atoms with E-state index >= 15 is 0 Å². The van der Waals surface area contributed by atoms with Gasteiger partial charge in [-0.3, -0.25) is 14.4 Å². The average molecular weight is 449 g/mol. The molecule has 0 spiro atoms. The Balaban J connectivity index is 1.62. The van der Waals surface area contributed by atoms with Crippen LogP contribution in [0.3, 0.4) is 0 Å². The summed E-state index contributed by atoms with van der Waals surface area (Å²) in [6, 6.07) is 28.3. The Morgan fingerprint density at radius 2 is 1.12 bits per heavy atom. The summed E-state index contributed by atoms with van der Waals surface area (Å²) in [5.41, 5.74) is 4.31. The number of carbonyl (C=O) groups is 3. The third kappa shape index (κ3) is 4.94. The van der Waals surface area contributed by atoms with Gasteiger partial charge in [0.1, 0.15) is 0 Å². The highest BCUT2D eigenvalue weighted by Crippen LogP contribution is 2.24. The van der Waals surface area contributed by atoms with Crippen molar-refractivity contribution >= 4 is 29.0 Å². The zero-order valence-electron chi connectivity index (χ0n) is 19.0. The van der Waals surface area contributed by atoms with Gasteiger partial charge in [0.25, 0.3) is 11.8 Å². The monoisotopic (exact) mass is 448 g/mol. The van der Waals surface area contributed by atoms with Gasteiger partial charge in [0.15, 0.2) is 5.78 Å². The number of hydrogen-bond donors (Lipinski definition) is 2. The number of carbonyl (C=O) groups excluding carboxylic acids is 3. The maximum atomic E-state index is 13.2. The number of anilines is 2. The van der Waals surface area contributed by atoms with Gasteiger partial charge >= 0.3 is 0 Å². The minimum absolute atomic E-state index is 0.180. The number of hydrogen-bond acceptors (Lipinski definition) is 3. The van der Waals surface area contributed by atoms with Crippen LogP contribution in [0.4, 0.5) is 11.4 Å². The molecule has 0 radical (unpaired) electrons. The number of nitrogens with one attached hydrogen (secondary N) is 2. The molecule has 0 aromatic heterocycles. The Bertz CT molecular complexity index is 1380. The first-order chi connectivity index (χ1) is 16.4. The molecule has 0 saturated heterocycles.